The van der Waals surface area contributed by atoms with Gasteiger partial charge in [0.05, 0.1) is 0 Å². The van der Waals surface area contributed by atoms with E-state index < -0.39 is 0 Å². The lowest BCUT2D eigenvalue weighted by atomic mass is 10.1. The predicted molar refractivity (Wildman–Crippen MR) is 82.0 cm³/mol. The number of anilines is 1. The lowest BCUT2D eigenvalue weighted by molar-refractivity contribution is 0.643. The van der Waals surface area contributed by atoms with Crippen LogP contribution in [0.3, 0.4) is 0 Å². The first-order valence-corrected chi connectivity index (χ1v) is 8.14. The van der Waals surface area contributed by atoms with Gasteiger partial charge in [-0.15, -0.1) is 0 Å². The first-order chi connectivity index (χ1) is 8.11. The number of hydrogen-bond donors (Lipinski definition) is 0. The largest absolute Gasteiger partial charge is 0.369 e. The van der Waals surface area contributed by atoms with Gasteiger partial charge in [-0.25, -0.2) is 0 Å². The second kappa shape index (κ2) is 5.75. The monoisotopic (exact) mass is 359 g/mol. The van der Waals surface area contributed by atoms with Crippen molar-refractivity contribution < 1.29 is 0 Å². The van der Waals surface area contributed by atoms with Gasteiger partial charge in [-0.1, -0.05) is 37.9 Å². The maximum Gasteiger partial charge on any atom is 0.0421 e. The molecule has 1 aromatic carbocycles. The van der Waals surface area contributed by atoms with E-state index in [1.54, 1.807) is 0 Å². The molecule has 1 fully saturated rings. The molecule has 0 atom stereocenters. The van der Waals surface area contributed by atoms with Gasteiger partial charge < -0.3 is 4.90 Å². The Morgan fingerprint density at radius 3 is 2.59 bits per heavy atom. The molecule has 0 N–H and O–H groups in total. The molecule has 0 heterocycles. The third kappa shape index (κ3) is 3.47. The zero-order chi connectivity index (χ0) is 12.4. The Balaban J connectivity index is 2.29. The van der Waals surface area contributed by atoms with Crippen molar-refractivity contribution in [2.24, 2.45) is 5.92 Å². The van der Waals surface area contributed by atoms with E-state index in [0.29, 0.717) is 6.04 Å². The predicted octanol–water partition coefficient (Wildman–Crippen LogP) is 4.97. The molecule has 0 spiro atoms. The quantitative estimate of drug-likeness (QED) is 0.670. The maximum atomic E-state index is 3.59. The molecule has 0 aromatic heterocycles. The molecule has 0 amide bonds. The van der Waals surface area contributed by atoms with Crippen LogP contribution in [0.4, 0.5) is 5.69 Å². The van der Waals surface area contributed by atoms with Gasteiger partial charge >= 0.3 is 0 Å². The topological polar surface area (TPSA) is 3.24 Å². The van der Waals surface area contributed by atoms with Crippen LogP contribution in [-0.2, 0) is 5.33 Å². The van der Waals surface area contributed by atoms with Crippen LogP contribution in [0.1, 0.15) is 32.3 Å². The molecule has 3 heteroatoms. The molecule has 17 heavy (non-hydrogen) atoms. The molecule has 1 aliphatic carbocycles. The summed E-state index contributed by atoms with van der Waals surface area (Å²) in [5.74, 6) is 0.916. The van der Waals surface area contributed by atoms with Crippen molar-refractivity contribution in [1.82, 2.24) is 0 Å². The first kappa shape index (κ1) is 13.4. The van der Waals surface area contributed by atoms with Crippen molar-refractivity contribution in [3.63, 3.8) is 0 Å². The standard InChI is InChI=1S/C14H19Br2N/c1-10(2)17(9-11-3-4-11)14-7-13(16)6-5-12(14)8-15/h5-7,10-11H,3-4,8-9H2,1-2H3. The lowest BCUT2D eigenvalue weighted by Crippen LogP contribution is -2.33. The molecule has 1 aliphatic rings. The second-order valence-corrected chi connectivity index (χ2v) is 6.57. The number of rotatable bonds is 5. The highest BCUT2D eigenvalue weighted by Crippen LogP contribution is 2.35. The number of alkyl halides is 1. The van der Waals surface area contributed by atoms with Crippen LogP contribution in [0.2, 0.25) is 0 Å². The molecule has 0 aliphatic heterocycles. The van der Waals surface area contributed by atoms with Gasteiger partial charge in [0.25, 0.3) is 0 Å². The Hall–Kier alpha value is -0.0200. The highest BCUT2D eigenvalue weighted by molar-refractivity contribution is 9.10. The molecular weight excluding hydrogens is 342 g/mol. The SMILES string of the molecule is CC(C)N(CC1CC1)c1cc(Br)ccc1CBr. The second-order valence-electron chi connectivity index (χ2n) is 5.10. The average Bonchev–Trinajstić information content (AvgIpc) is 3.09. The van der Waals surface area contributed by atoms with Crippen molar-refractivity contribution >= 4 is 37.5 Å². The van der Waals surface area contributed by atoms with Crippen LogP contribution in [0.15, 0.2) is 22.7 Å². The third-order valence-corrected chi connectivity index (χ3v) is 4.37. The average molecular weight is 361 g/mol. The lowest BCUT2D eigenvalue weighted by Gasteiger charge is -2.31. The van der Waals surface area contributed by atoms with Crippen molar-refractivity contribution in [1.29, 1.82) is 0 Å². The van der Waals surface area contributed by atoms with Gasteiger partial charge in [0.2, 0.25) is 0 Å². The number of nitrogens with zero attached hydrogens (tertiary/aromatic N) is 1. The Morgan fingerprint density at radius 1 is 1.35 bits per heavy atom. The van der Waals surface area contributed by atoms with Gasteiger partial charge in [-0.05, 0) is 50.3 Å². The molecule has 1 nitrogen and oxygen atoms in total. The normalized spacial score (nSPS) is 15.4. The van der Waals surface area contributed by atoms with E-state index in [2.05, 4.69) is 68.8 Å². The van der Waals surface area contributed by atoms with E-state index in [4.69, 9.17) is 0 Å². The summed E-state index contributed by atoms with van der Waals surface area (Å²) in [6, 6.07) is 7.13. The highest BCUT2D eigenvalue weighted by Gasteiger charge is 2.26. The minimum absolute atomic E-state index is 0.558. The van der Waals surface area contributed by atoms with Crippen LogP contribution < -0.4 is 4.90 Å². The highest BCUT2D eigenvalue weighted by atomic mass is 79.9. The van der Waals surface area contributed by atoms with Gasteiger partial charge in [0.15, 0.2) is 0 Å². The summed E-state index contributed by atoms with van der Waals surface area (Å²) in [5.41, 5.74) is 2.75. The molecule has 1 aromatic rings. The van der Waals surface area contributed by atoms with Crippen LogP contribution in [-0.4, -0.2) is 12.6 Å². The minimum atomic E-state index is 0.558. The van der Waals surface area contributed by atoms with Crippen LogP contribution >= 0.6 is 31.9 Å². The zero-order valence-corrected chi connectivity index (χ0v) is 13.6. The fourth-order valence-electron chi connectivity index (χ4n) is 2.08. The fourth-order valence-corrected chi connectivity index (χ4v) is 2.91. The minimum Gasteiger partial charge on any atom is -0.369 e. The number of halogens is 2. The zero-order valence-electron chi connectivity index (χ0n) is 10.4. The Kier molecular flexibility index (Phi) is 4.53. The van der Waals surface area contributed by atoms with Gasteiger partial charge in [0, 0.05) is 28.1 Å². The molecule has 1 saturated carbocycles. The van der Waals surface area contributed by atoms with Crippen molar-refractivity contribution in [2.75, 3.05) is 11.4 Å². The Bertz CT molecular complexity index is 386. The smallest absolute Gasteiger partial charge is 0.0421 e. The molecule has 2 rings (SSSR count). The van der Waals surface area contributed by atoms with E-state index in [0.717, 1.165) is 11.2 Å². The third-order valence-electron chi connectivity index (χ3n) is 3.28. The van der Waals surface area contributed by atoms with Gasteiger partial charge in [0.1, 0.15) is 0 Å². The van der Waals surface area contributed by atoms with Crippen LogP contribution in [0, 0.1) is 5.92 Å². The summed E-state index contributed by atoms with van der Waals surface area (Å²) in [6.07, 6.45) is 2.81. The van der Waals surface area contributed by atoms with E-state index >= 15 is 0 Å². The molecular formula is C14H19Br2N. The van der Waals surface area contributed by atoms with E-state index in [9.17, 15) is 0 Å². The summed E-state index contributed by atoms with van der Waals surface area (Å²) >= 11 is 7.17. The summed E-state index contributed by atoms with van der Waals surface area (Å²) in [4.78, 5) is 2.54. The first-order valence-electron chi connectivity index (χ1n) is 6.23. The molecule has 94 valence electrons. The van der Waals surface area contributed by atoms with Crippen molar-refractivity contribution in [3.05, 3.63) is 28.2 Å². The summed E-state index contributed by atoms with van der Waals surface area (Å²) in [5, 5.41) is 0.920. The van der Waals surface area contributed by atoms with Crippen molar-refractivity contribution in [3.8, 4) is 0 Å². The maximum absolute atomic E-state index is 3.59. The number of hydrogen-bond acceptors (Lipinski definition) is 1. The summed E-state index contributed by atoms with van der Waals surface area (Å²) < 4.78 is 1.17. The van der Waals surface area contributed by atoms with Gasteiger partial charge in [-0.2, -0.15) is 0 Å². The van der Waals surface area contributed by atoms with Crippen molar-refractivity contribution in [2.45, 2.75) is 38.1 Å². The van der Waals surface area contributed by atoms with Crippen LogP contribution in [0.5, 0.6) is 0 Å². The van der Waals surface area contributed by atoms with E-state index in [1.165, 1.54) is 35.1 Å². The molecule has 0 bridgehead atoms. The fraction of sp³-hybridized carbons (Fsp3) is 0.571. The molecule has 0 radical (unpaired) electrons. The van der Waals surface area contributed by atoms with Gasteiger partial charge in [-0.3, -0.25) is 0 Å². The van der Waals surface area contributed by atoms with Crippen LogP contribution in [0.25, 0.3) is 0 Å². The Labute approximate surface area is 121 Å². The Morgan fingerprint density at radius 2 is 2.06 bits per heavy atom. The van der Waals surface area contributed by atoms with E-state index in [1.807, 2.05) is 0 Å². The summed E-state index contributed by atoms with van der Waals surface area (Å²) in [6.45, 7) is 5.76. The number of benzene rings is 1. The summed E-state index contributed by atoms with van der Waals surface area (Å²) in [7, 11) is 0. The van der Waals surface area contributed by atoms with E-state index in [-0.39, 0.29) is 0 Å². The molecule has 0 saturated heterocycles. The molecule has 0 unspecified atom stereocenters.